The van der Waals surface area contributed by atoms with Gasteiger partial charge in [-0.05, 0) is 38.8 Å². The maximum atomic E-state index is 5.08. The van der Waals surface area contributed by atoms with Crippen molar-refractivity contribution in [3.8, 4) is 0 Å². The van der Waals surface area contributed by atoms with Crippen LogP contribution in [-0.4, -0.2) is 76.3 Å². The molecule has 0 aromatic heterocycles. The molecule has 5 heteroatoms. The average molecular weight is 284 g/mol. The van der Waals surface area contributed by atoms with Crippen LogP contribution in [0.3, 0.4) is 0 Å². The summed E-state index contributed by atoms with van der Waals surface area (Å²) in [6.07, 6.45) is 3.68. The summed E-state index contributed by atoms with van der Waals surface area (Å²) in [5, 5.41) is 3.48. The smallest absolute Gasteiger partial charge is 0.193 e. The van der Waals surface area contributed by atoms with Gasteiger partial charge >= 0.3 is 0 Å². The summed E-state index contributed by atoms with van der Waals surface area (Å²) >= 11 is 0. The predicted molar refractivity (Wildman–Crippen MR) is 85.3 cm³/mol. The molecule has 0 amide bonds. The standard InChI is InChI=1S/C15H32N4O/c1-14-6-10-19(11-7-14)15(16-2)17-8-5-9-18(3)12-13-20-4/h14H,5-13H2,1-4H3,(H,16,17). The highest BCUT2D eigenvalue weighted by Crippen LogP contribution is 2.15. The molecule has 1 aliphatic heterocycles. The molecule has 20 heavy (non-hydrogen) atoms. The van der Waals surface area contributed by atoms with E-state index in [2.05, 4.69) is 34.1 Å². The van der Waals surface area contributed by atoms with Crippen LogP contribution in [0.25, 0.3) is 0 Å². The zero-order valence-corrected chi connectivity index (χ0v) is 13.7. The number of rotatable bonds is 7. The van der Waals surface area contributed by atoms with E-state index in [9.17, 15) is 0 Å². The summed E-state index contributed by atoms with van der Waals surface area (Å²) < 4.78 is 5.08. The molecule has 5 nitrogen and oxygen atoms in total. The molecule has 118 valence electrons. The maximum Gasteiger partial charge on any atom is 0.193 e. The molecule has 1 N–H and O–H groups in total. The molecule has 1 rings (SSSR count). The van der Waals surface area contributed by atoms with Gasteiger partial charge < -0.3 is 19.9 Å². The Morgan fingerprint density at radius 3 is 2.65 bits per heavy atom. The second-order valence-electron chi connectivity index (χ2n) is 5.79. The lowest BCUT2D eigenvalue weighted by Crippen LogP contribution is -2.45. The minimum atomic E-state index is 0.803. The van der Waals surface area contributed by atoms with E-state index in [1.54, 1.807) is 7.11 Å². The fraction of sp³-hybridized carbons (Fsp3) is 0.933. The highest BCUT2D eigenvalue weighted by atomic mass is 16.5. The number of hydrogen-bond donors (Lipinski definition) is 1. The van der Waals surface area contributed by atoms with Gasteiger partial charge in [0.15, 0.2) is 5.96 Å². The Bertz CT molecular complexity index is 275. The zero-order chi connectivity index (χ0) is 14.8. The van der Waals surface area contributed by atoms with Crippen molar-refractivity contribution in [2.45, 2.75) is 26.2 Å². The third kappa shape index (κ3) is 6.57. The predicted octanol–water partition coefficient (Wildman–Crippen LogP) is 1.26. The van der Waals surface area contributed by atoms with Gasteiger partial charge in [0.25, 0.3) is 0 Å². The number of nitrogens with one attached hydrogen (secondary N) is 1. The Morgan fingerprint density at radius 1 is 1.35 bits per heavy atom. The van der Waals surface area contributed by atoms with Crippen LogP contribution < -0.4 is 5.32 Å². The normalized spacial score (nSPS) is 17.9. The zero-order valence-electron chi connectivity index (χ0n) is 13.7. The third-order valence-electron chi connectivity index (χ3n) is 3.97. The van der Waals surface area contributed by atoms with Crippen molar-refractivity contribution >= 4 is 5.96 Å². The fourth-order valence-corrected chi connectivity index (χ4v) is 2.46. The highest BCUT2D eigenvalue weighted by Gasteiger charge is 2.18. The molecular weight excluding hydrogens is 252 g/mol. The summed E-state index contributed by atoms with van der Waals surface area (Å²) in [6, 6.07) is 0. The van der Waals surface area contributed by atoms with E-state index >= 15 is 0 Å². The van der Waals surface area contributed by atoms with Crippen LogP contribution in [0.5, 0.6) is 0 Å². The minimum Gasteiger partial charge on any atom is -0.383 e. The van der Waals surface area contributed by atoms with Gasteiger partial charge in [-0.25, -0.2) is 0 Å². The molecule has 1 saturated heterocycles. The molecule has 0 aliphatic carbocycles. The Balaban J connectivity index is 2.15. The SMILES string of the molecule is CN=C(NCCCN(C)CCOC)N1CCC(C)CC1. The van der Waals surface area contributed by atoms with Crippen LogP contribution in [0.15, 0.2) is 4.99 Å². The van der Waals surface area contributed by atoms with Gasteiger partial charge in [-0.1, -0.05) is 6.92 Å². The number of ether oxygens (including phenoxy) is 1. The summed E-state index contributed by atoms with van der Waals surface area (Å²) in [7, 11) is 5.77. The minimum absolute atomic E-state index is 0.803. The second-order valence-corrected chi connectivity index (χ2v) is 5.79. The number of piperidine rings is 1. The molecule has 0 saturated carbocycles. The van der Waals surface area contributed by atoms with Crippen LogP contribution in [-0.2, 0) is 4.74 Å². The molecule has 0 radical (unpaired) electrons. The molecule has 0 unspecified atom stereocenters. The Labute approximate surface area is 124 Å². The second kappa shape index (κ2) is 10.00. The summed E-state index contributed by atoms with van der Waals surface area (Å²) in [5.74, 6) is 1.93. The topological polar surface area (TPSA) is 40.1 Å². The number of nitrogens with zero attached hydrogens (tertiary/aromatic N) is 3. The van der Waals surface area contributed by atoms with Gasteiger partial charge in [0.05, 0.1) is 6.61 Å². The van der Waals surface area contributed by atoms with Gasteiger partial charge in [-0.2, -0.15) is 0 Å². The van der Waals surface area contributed by atoms with E-state index in [1.807, 2.05) is 7.05 Å². The van der Waals surface area contributed by atoms with E-state index in [1.165, 1.54) is 12.8 Å². The number of aliphatic imine (C=N–C) groups is 1. The van der Waals surface area contributed by atoms with Crippen molar-refractivity contribution in [2.75, 3.05) is 60.5 Å². The quantitative estimate of drug-likeness (QED) is 0.434. The number of guanidine groups is 1. The summed E-state index contributed by atoms with van der Waals surface area (Å²) in [5.41, 5.74) is 0. The van der Waals surface area contributed by atoms with E-state index in [0.29, 0.717) is 0 Å². The summed E-state index contributed by atoms with van der Waals surface area (Å²) in [4.78, 5) is 9.09. The molecular formula is C15H32N4O. The van der Waals surface area contributed by atoms with Crippen LogP contribution in [0.4, 0.5) is 0 Å². The van der Waals surface area contributed by atoms with Crippen molar-refractivity contribution in [1.29, 1.82) is 0 Å². The monoisotopic (exact) mass is 284 g/mol. The lowest BCUT2D eigenvalue weighted by Gasteiger charge is -2.33. The Kier molecular flexibility index (Phi) is 8.62. The first-order valence-electron chi connectivity index (χ1n) is 7.80. The molecule has 0 spiro atoms. The Hall–Kier alpha value is -0.810. The van der Waals surface area contributed by atoms with E-state index < -0.39 is 0 Å². The average Bonchev–Trinajstić information content (AvgIpc) is 2.46. The van der Waals surface area contributed by atoms with Crippen molar-refractivity contribution < 1.29 is 4.74 Å². The molecule has 0 aromatic carbocycles. The highest BCUT2D eigenvalue weighted by molar-refractivity contribution is 5.79. The van der Waals surface area contributed by atoms with Gasteiger partial charge in [0.2, 0.25) is 0 Å². The first-order chi connectivity index (χ1) is 9.67. The van der Waals surface area contributed by atoms with Gasteiger partial charge in [0, 0.05) is 40.3 Å². The van der Waals surface area contributed by atoms with E-state index in [-0.39, 0.29) is 0 Å². The number of hydrogen-bond acceptors (Lipinski definition) is 3. The number of likely N-dealkylation sites (N-methyl/N-ethyl adjacent to an activating group) is 1. The van der Waals surface area contributed by atoms with Crippen molar-refractivity contribution in [2.24, 2.45) is 10.9 Å². The van der Waals surface area contributed by atoms with Crippen molar-refractivity contribution in [1.82, 2.24) is 15.1 Å². The van der Waals surface area contributed by atoms with Crippen molar-refractivity contribution in [3.05, 3.63) is 0 Å². The van der Waals surface area contributed by atoms with Crippen LogP contribution in [0, 0.1) is 5.92 Å². The van der Waals surface area contributed by atoms with Gasteiger partial charge in [-0.3, -0.25) is 4.99 Å². The van der Waals surface area contributed by atoms with Gasteiger partial charge in [-0.15, -0.1) is 0 Å². The van der Waals surface area contributed by atoms with Crippen LogP contribution in [0.1, 0.15) is 26.2 Å². The van der Waals surface area contributed by atoms with Gasteiger partial charge in [0.1, 0.15) is 0 Å². The fourth-order valence-electron chi connectivity index (χ4n) is 2.46. The first-order valence-corrected chi connectivity index (χ1v) is 7.80. The third-order valence-corrected chi connectivity index (χ3v) is 3.97. The first kappa shape index (κ1) is 17.2. The lowest BCUT2D eigenvalue weighted by atomic mass is 10.00. The molecule has 1 heterocycles. The molecule has 0 bridgehead atoms. The number of methoxy groups -OCH3 is 1. The van der Waals surface area contributed by atoms with Crippen LogP contribution in [0.2, 0.25) is 0 Å². The van der Waals surface area contributed by atoms with E-state index in [4.69, 9.17) is 4.74 Å². The maximum absolute atomic E-state index is 5.08. The molecule has 1 aliphatic rings. The molecule has 0 atom stereocenters. The summed E-state index contributed by atoms with van der Waals surface area (Å²) in [6.45, 7) is 8.47. The largest absolute Gasteiger partial charge is 0.383 e. The molecule has 1 fully saturated rings. The number of likely N-dealkylation sites (tertiary alicyclic amines) is 1. The lowest BCUT2D eigenvalue weighted by molar-refractivity contribution is 0.161. The van der Waals surface area contributed by atoms with Crippen LogP contribution >= 0.6 is 0 Å². The van der Waals surface area contributed by atoms with E-state index in [0.717, 1.165) is 57.6 Å². The van der Waals surface area contributed by atoms with Crippen molar-refractivity contribution in [3.63, 3.8) is 0 Å². The molecule has 0 aromatic rings. The Morgan fingerprint density at radius 2 is 2.05 bits per heavy atom.